The van der Waals surface area contributed by atoms with E-state index in [9.17, 15) is 4.79 Å². The van der Waals surface area contributed by atoms with Crippen LogP contribution in [0.1, 0.15) is 6.42 Å². The third-order valence-electron chi connectivity index (χ3n) is 1.22. The summed E-state index contributed by atoms with van der Waals surface area (Å²) in [5.74, 6) is 0. The van der Waals surface area contributed by atoms with Crippen molar-refractivity contribution in [3.63, 3.8) is 0 Å². The van der Waals surface area contributed by atoms with Gasteiger partial charge >= 0.3 is 0 Å². The molecule has 0 saturated carbocycles. The van der Waals surface area contributed by atoms with Crippen LogP contribution in [0.4, 0.5) is 0 Å². The van der Waals surface area contributed by atoms with Crippen LogP contribution in [0.3, 0.4) is 0 Å². The maximum Gasteiger partial charge on any atom is 0.213 e. The molecule has 0 unspecified atom stereocenters. The molecule has 2 nitrogen and oxygen atoms in total. The summed E-state index contributed by atoms with van der Waals surface area (Å²) in [4.78, 5) is 11.6. The lowest BCUT2D eigenvalue weighted by Crippen LogP contribution is -2.19. The maximum atomic E-state index is 10.0. The molecule has 0 fully saturated rings. The van der Waals surface area contributed by atoms with Gasteiger partial charge in [0.15, 0.2) is 0 Å². The first kappa shape index (κ1) is 5.35. The van der Waals surface area contributed by atoms with Gasteiger partial charge in [-0.2, -0.15) is 0 Å². The highest BCUT2D eigenvalue weighted by Gasteiger charge is 2.08. The van der Waals surface area contributed by atoms with E-state index >= 15 is 0 Å². The molecule has 0 N–H and O–H groups in total. The maximum absolute atomic E-state index is 10.0. The van der Waals surface area contributed by atoms with Gasteiger partial charge in [0, 0.05) is 19.2 Å². The van der Waals surface area contributed by atoms with Crippen LogP contribution in [0, 0.1) is 6.42 Å². The fourth-order valence-electron chi connectivity index (χ4n) is 0.572. The predicted molar refractivity (Wildman–Crippen MR) is 30.8 cm³/mol. The molecule has 0 aromatic rings. The monoisotopic (exact) mass is 110 g/mol. The van der Waals surface area contributed by atoms with Gasteiger partial charge in [0.1, 0.15) is 0 Å². The van der Waals surface area contributed by atoms with Crippen LogP contribution in [-0.2, 0) is 4.79 Å². The fourth-order valence-corrected chi connectivity index (χ4v) is 0.572. The van der Waals surface area contributed by atoms with Crippen molar-refractivity contribution in [2.24, 2.45) is 0 Å². The van der Waals surface area contributed by atoms with Crippen LogP contribution in [0.2, 0.25) is 0 Å². The Kier molecular flexibility index (Phi) is 1.33. The molecule has 0 heterocycles. The van der Waals surface area contributed by atoms with Crippen LogP contribution in [0.5, 0.6) is 0 Å². The fraction of sp³-hybridized carbons (Fsp3) is 0.333. The zero-order valence-corrected chi connectivity index (χ0v) is 4.79. The Morgan fingerprint density at radius 3 is 2.62 bits per heavy atom. The van der Waals surface area contributed by atoms with Crippen molar-refractivity contribution < 1.29 is 4.79 Å². The average Bonchev–Trinajstić information content (AvgIpc) is 1.62. The van der Waals surface area contributed by atoms with E-state index < -0.39 is 0 Å². The number of hydrogen-bond donors (Lipinski definition) is 0. The highest BCUT2D eigenvalue weighted by Crippen LogP contribution is 2.17. The summed E-state index contributed by atoms with van der Waals surface area (Å²) in [5.41, 5.74) is 1.03. The van der Waals surface area contributed by atoms with Crippen LogP contribution >= 0.6 is 0 Å². The van der Waals surface area contributed by atoms with E-state index in [0.29, 0.717) is 0 Å². The van der Waals surface area contributed by atoms with E-state index in [4.69, 9.17) is 0 Å². The lowest BCUT2D eigenvalue weighted by atomic mass is 10.1. The Morgan fingerprint density at radius 2 is 2.50 bits per heavy atom. The summed E-state index contributed by atoms with van der Waals surface area (Å²) in [6.07, 6.45) is 5.83. The van der Waals surface area contributed by atoms with E-state index in [1.807, 2.05) is 12.5 Å². The second-order valence-electron chi connectivity index (χ2n) is 1.79. The molecule has 2 heteroatoms. The molecule has 1 rings (SSSR count). The topological polar surface area (TPSA) is 20.3 Å². The summed E-state index contributed by atoms with van der Waals surface area (Å²) >= 11 is 0. The second kappa shape index (κ2) is 1.99. The summed E-state index contributed by atoms with van der Waals surface area (Å²) in [7, 11) is 1.74. The molecule has 0 saturated heterocycles. The Morgan fingerprint density at radius 1 is 1.88 bits per heavy atom. The Hall–Kier alpha value is -0.790. The minimum atomic E-state index is 0.807. The zero-order chi connectivity index (χ0) is 5.98. The predicted octanol–water partition coefficient (Wildman–Crippen LogP) is 0.566. The zero-order valence-electron chi connectivity index (χ0n) is 4.79. The Bertz CT molecular complexity index is 128. The summed E-state index contributed by atoms with van der Waals surface area (Å²) < 4.78 is 0. The third kappa shape index (κ3) is 0.735. The number of carbonyl (C=O) groups excluding carboxylic acids is 1. The molecule has 1 aliphatic rings. The first-order valence-electron chi connectivity index (χ1n) is 2.56. The highest BCUT2D eigenvalue weighted by molar-refractivity contribution is 5.53. The lowest BCUT2D eigenvalue weighted by molar-refractivity contribution is -0.115. The smallest absolute Gasteiger partial charge is 0.213 e. The molecule has 1 radical (unpaired) electrons. The number of amides is 1. The van der Waals surface area contributed by atoms with Crippen molar-refractivity contribution in [1.29, 1.82) is 0 Å². The van der Waals surface area contributed by atoms with Crippen molar-refractivity contribution in [3.05, 3.63) is 18.2 Å². The minimum Gasteiger partial charge on any atom is -0.322 e. The summed E-state index contributed by atoms with van der Waals surface area (Å²) in [5, 5.41) is 0. The van der Waals surface area contributed by atoms with Gasteiger partial charge in [-0.05, 0) is 6.42 Å². The molecular formula is C6H8NO. The molecule has 0 aliphatic heterocycles. The molecule has 0 bridgehead atoms. The van der Waals surface area contributed by atoms with E-state index in [-0.39, 0.29) is 0 Å². The quantitative estimate of drug-likeness (QED) is 0.476. The van der Waals surface area contributed by atoms with Crippen LogP contribution in [0.15, 0.2) is 11.8 Å². The molecule has 0 aromatic heterocycles. The molecule has 8 heavy (non-hydrogen) atoms. The van der Waals surface area contributed by atoms with Crippen molar-refractivity contribution >= 4 is 6.41 Å². The van der Waals surface area contributed by atoms with E-state index in [1.54, 1.807) is 11.9 Å². The van der Waals surface area contributed by atoms with Crippen molar-refractivity contribution in [2.45, 2.75) is 6.42 Å². The van der Waals surface area contributed by atoms with Gasteiger partial charge in [0.05, 0.1) is 0 Å². The van der Waals surface area contributed by atoms with Crippen molar-refractivity contribution in [1.82, 2.24) is 4.90 Å². The van der Waals surface area contributed by atoms with Crippen molar-refractivity contribution in [3.8, 4) is 0 Å². The first-order valence-corrected chi connectivity index (χ1v) is 2.56. The second-order valence-corrected chi connectivity index (χ2v) is 1.79. The van der Waals surface area contributed by atoms with Gasteiger partial charge < -0.3 is 4.90 Å². The van der Waals surface area contributed by atoms with Gasteiger partial charge in [-0.3, -0.25) is 4.79 Å². The van der Waals surface area contributed by atoms with Gasteiger partial charge in [-0.15, -0.1) is 0 Å². The normalized spacial score (nSPS) is 16.4. The molecule has 0 aromatic carbocycles. The minimum absolute atomic E-state index is 0.807. The van der Waals surface area contributed by atoms with Gasteiger partial charge in [-0.1, -0.05) is 6.08 Å². The van der Waals surface area contributed by atoms with E-state index in [2.05, 4.69) is 0 Å². The molecule has 43 valence electrons. The third-order valence-corrected chi connectivity index (χ3v) is 1.22. The summed E-state index contributed by atoms with van der Waals surface area (Å²) in [6.45, 7) is 0. The van der Waals surface area contributed by atoms with Gasteiger partial charge in [0.25, 0.3) is 0 Å². The SMILES string of the molecule is CN(C=O)C1=CC[CH]1. The average molecular weight is 110 g/mol. The molecule has 0 atom stereocenters. The number of hydrogen-bond acceptors (Lipinski definition) is 1. The van der Waals surface area contributed by atoms with E-state index in [0.717, 1.165) is 18.5 Å². The van der Waals surface area contributed by atoms with E-state index in [1.165, 1.54) is 0 Å². The Labute approximate surface area is 48.8 Å². The highest BCUT2D eigenvalue weighted by atomic mass is 16.1. The molecular weight excluding hydrogens is 102 g/mol. The Balaban J connectivity index is 2.45. The summed E-state index contributed by atoms with van der Waals surface area (Å²) in [6, 6.07) is 0. The first-order chi connectivity index (χ1) is 3.84. The molecule has 1 amide bonds. The van der Waals surface area contributed by atoms with Gasteiger partial charge in [0.2, 0.25) is 6.41 Å². The standard InChI is InChI=1S/C6H8NO/c1-7(5-8)6-3-2-4-6/h3-5H,2H2,1H3. The number of nitrogens with zero attached hydrogens (tertiary/aromatic N) is 1. The molecule has 0 spiro atoms. The largest absolute Gasteiger partial charge is 0.322 e. The number of allylic oxidation sites excluding steroid dienone is 2. The van der Waals surface area contributed by atoms with Crippen LogP contribution in [-0.4, -0.2) is 18.4 Å². The molecule has 1 aliphatic carbocycles. The number of carbonyl (C=O) groups is 1. The van der Waals surface area contributed by atoms with Crippen molar-refractivity contribution in [2.75, 3.05) is 7.05 Å². The van der Waals surface area contributed by atoms with Gasteiger partial charge in [-0.25, -0.2) is 0 Å². The van der Waals surface area contributed by atoms with Crippen LogP contribution in [0.25, 0.3) is 0 Å². The van der Waals surface area contributed by atoms with Crippen LogP contribution < -0.4 is 0 Å². The lowest BCUT2D eigenvalue weighted by Gasteiger charge is -2.20. The number of rotatable bonds is 2.